The summed E-state index contributed by atoms with van der Waals surface area (Å²) in [6.07, 6.45) is 2.60. The molecule has 1 aromatic carbocycles. The first-order chi connectivity index (χ1) is 13.3. The number of fused-ring (bicyclic) bond motifs is 1. The number of pyridine rings is 1. The molecule has 1 aliphatic heterocycles. The molecule has 1 aliphatic rings. The van der Waals surface area contributed by atoms with E-state index < -0.39 is 22.3 Å². The topological polar surface area (TPSA) is 112 Å². The van der Waals surface area contributed by atoms with Crippen LogP contribution >= 0.6 is 0 Å². The van der Waals surface area contributed by atoms with Gasteiger partial charge in [-0.05, 0) is 25.1 Å². The van der Waals surface area contributed by atoms with Crippen molar-refractivity contribution in [3.8, 4) is 5.75 Å². The summed E-state index contributed by atoms with van der Waals surface area (Å²) in [6.45, 7) is 5.26. The Morgan fingerprint density at radius 2 is 2.11 bits per heavy atom. The Bertz CT molecular complexity index is 1040. The third kappa shape index (κ3) is 3.41. The molecule has 144 valence electrons. The van der Waals surface area contributed by atoms with Gasteiger partial charge in [0.05, 0.1) is 22.8 Å². The Morgan fingerprint density at radius 1 is 1.36 bits per heavy atom. The van der Waals surface area contributed by atoms with Gasteiger partial charge in [0.1, 0.15) is 5.75 Å². The number of ketones is 1. The van der Waals surface area contributed by atoms with Crippen molar-refractivity contribution in [2.75, 3.05) is 18.1 Å². The lowest BCUT2D eigenvalue weighted by molar-refractivity contribution is -0.385. The maximum atomic E-state index is 12.9. The van der Waals surface area contributed by atoms with E-state index in [9.17, 15) is 24.5 Å². The molecule has 9 nitrogen and oxygen atoms in total. The highest BCUT2D eigenvalue weighted by Crippen LogP contribution is 2.33. The molecule has 0 saturated heterocycles. The van der Waals surface area contributed by atoms with Crippen molar-refractivity contribution >= 4 is 23.1 Å². The van der Waals surface area contributed by atoms with Crippen LogP contribution < -0.4 is 15.2 Å². The standard InChI is InChI=1S/C19H17N3O6/c1-3-8-20-15-9-13(4-6-16(15)28-11-18(20)24)19(25)12(2)21-10-14(22(26)27)5-7-17(21)23/h3-7,9-10,12H,1,8,11H2,2H3. The molecule has 1 unspecified atom stereocenters. The largest absolute Gasteiger partial charge is 0.482 e. The number of hydrogen-bond donors (Lipinski definition) is 0. The summed E-state index contributed by atoms with van der Waals surface area (Å²) in [5, 5.41) is 11.0. The molecule has 3 rings (SSSR count). The van der Waals surface area contributed by atoms with Crippen LogP contribution in [0.1, 0.15) is 23.3 Å². The number of nitro groups is 1. The van der Waals surface area contributed by atoms with Crippen LogP contribution in [0.3, 0.4) is 0 Å². The molecule has 1 aromatic heterocycles. The zero-order valence-electron chi connectivity index (χ0n) is 15.0. The molecule has 2 aromatic rings. The highest BCUT2D eigenvalue weighted by molar-refractivity contribution is 6.03. The third-order valence-electron chi connectivity index (χ3n) is 4.43. The minimum atomic E-state index is -0.974. The second-order valence-corrected chi connectivity index (χ2v) is 6.19. The lowest BCUT2D eigenvalue weighted by Crippen LogP contribution is -2.39. The summed E-state index contributed by atoms with van der Waals surface area (Å²) < 4.78 is 6.40. The molecule has 28 heavy (non-hydrogen) atoms. The van der Waals surface area contributed by atoms with Crippen molar-refractivity contribution < 1.29 is 19.2 Å². The van der Waals surface area contributed by atoms with Crippen LogP contribution in [0, 0.1) is 10.1 Å². The molecular formula is C19H17N3O6. The van der Waals surface area contributed by atoms with Crippen molar-refractivity contribution in [1.29, 1.82) is 0 Å². The van der Waals surface area contributed by atoms with E-state index in [-0.39, 0.29) is 30.3 Å². The molecule has 0 aliphatic carbocycles. The van der Waals surface area contributed by atoms with Gasteiger partial charge < -0.3 is 9.64 Å². The number of benzene rings is 1. The predicted molar refractivity (Wildman–Crippen MR) is 101 cm³/mol. The van der Waals surface area contributed by atoms with E-state index in [0.29, 0.717) is 11.4 Å². The quantitative estimate of drug-likeness (QED) is 0.327. The summed E-state index contributed by atoms with van der Waals surface area (Å²) in [5.74, 6) is -0.236. The number of carbonyl (C=O) groups is 2. The predicted octanol–water partition coefficient (Wildman–Crippen LogP) is 2.11. The van der Waals surface area contributed by atoms with Crippen molar-refractivity contribution in [3.05, 3.63) is 75.2 Å². The Labute approximate surface area is 159 Å². The molecule has 0 radical (unpaired) electrons. The van der Waals surface area contributed by atoms with Crippen molar-refractivity contribution in [1.82, 2.24) is 4.57 Å². The fraction of sp³-hybridized carbons (Fsp3) is 0.211. The van der Waals surface area contributed by atoms with E-state index >= 15 is 0 Å². The molecule has 2 heterocycles. The van der Waals surface area contributed by atoms with E-state index in [1.165, 1.54) is 24.0 Å². The zero-order valence-corrected chi connectivity index (χ0v) is 15.0. The molecule has 0 N–H and O–H groups in total. The van der Waals surface area contributed by atoms with Crippen molar-refractivity contribution in [2.45, 2.75) is 13.0 Å². The number of aromatic nitrogens is 1. The molecule has 9 heteroatoms. The molecule has 1 atom stereocenters. The van der Waals surface area contributed by atoms with Gasteiger partial charge in [0.15, 0.2) is 12.4 Å². The van der Waals surface area contributed by atoms with Crippen LogP contribution in [0.4, 0.5) is 11.4 Å². The van der Waals surface area contributed by atoms with Gasteiger partial charge in [-0.3, -0.25) is 29.1 Å². The number of amides is 1. The minimum Gasteiger partial charge on any atom is -0.482 e. The van der Waals surface area contributed by atoms with E-state index in [1.54, 1.807) is 12.1 Å². The lowest BCUT2D eigenvalue weighted by Gasteiger charge is -2.29. The minimum absolute atomic E-state index is 0.104. The zero-order chi connectivity index (χ0) is 20.4. The van der Waals surface area contributed by atoms with Gasteiger partial charge >= 0.3 is 0 Å². The summed E-state index contributed by atoms with van der Waals surface area (Å²) in [5.41, 5.74) is -0.144. The molecule has 0 bridgehead atoms. The highest BCUT2D eigenvalue weighted by Gasteiger charge is 2.27. The van der Waals surface area contributed by atoms with Crippen molar-refractivity contribution in [3.63, 3.8) is 0 Å². The van der Waals surface area contributed by atoms with Crippen LogP contribution in [0.15, 0.2) is 54.0 Å². The highest BCUT2D eigenvalue weighted by atomic mass is 16.6. The van der Waals surface area contributed by atoms with Gasteiger partial charge in [0.25, 0.3) is 17.2 Å². The van der Waals surface area contributed by atoms with E-state index in [0.717, 1.165) is 22.9 Å². The van der Waals surface area contributed by atoms with Gasteiger partial charge in [-0.2, -0.15) is 0 Å². The van der Waals surface area contributed by atoms with Gasteiger partial charge in [-0.1, -0.05) is 6.08 Å². The molecule has 1 amide bonds. The number of carbonyl (C=O) groups excluding carboxylic acids is 2. The van der Waals surface area contributed by atoms with E-state index in [4.69, 9.17) is 4.74 Å². The van der Waals surface area contributed by atoms with E-state index in [2.05, 4.69) is 6.58 Å². The summed E-state index contributed by atoms with van der Waals surface area (Å²) in [7, 11) is 0. The van der Waals surface area contributed by atoms with E-state index in [1.807, 2.05) is 0 Å². The van der Waals surface area contributed by atoms with Crippen LogP contribution in [0.25, 0.3) is 0 Å². The molecular weight excluding hydrogens is 366 g/mol. The molecule has 0 spiro atoms. The number of hydrogen-bond acceptors (Lipinski definition) is 6. The van der Waals surface area contributed by atoms with Gasteiger partial charge in [-0.25, -0.2) is 0 Å². The summed E-state index contributed by atoms with van der Waals surface area (Å²) >= 11 is 0. The average molecular weight is 383 g/mol. The second kappa shape index (κ2) is 7.47. The molecule has 0 fully saturated rings. The smallest absolute Gasteiger partial charge is 0.285 e. The normalized spacial score (nSPS) is 14.0. The SMILES string of the molecule is C=CCN1C(=O)COc2ccc(C(=O)C(C)n3cc([N+](=O)[O-])ccc3=O)cc21. The second-order valence-electron chi connectivity index (χ2n) is 6.19. The Morgan fingerprint density at radius 3 is 2.79 bits per heavy atom. The fourth-order valence-electron chi connectivity index (χ4n) is 2.95. The first-order valence-corrected chi connectivity index (χ1v) is 8.42. The Balaban J connectivity index is 1.98. The number of rotatable bonds is 6. The third-order valence-corrected chi connectivity index (χ3v) is 4.43. The maximum absolute atomic E-state index is 12.9. The van der Waals surface area contributed by atoms with Gasteiger partial charge in [0.2, 0.25) is 0 Å². The average Bonchev–Trinajstić information content (AvgIpc) is 2.69. The first-order valence-electron chi connectivity index (χ1n) is 8.42. The van der Waals surface area contributed by atoms with Crippen LogP contribution in [0.2, 0.25) is 0 Å². The monoisotopic (exact) mass is 383 g/mol. The van der Waals surface area contributed by atoms with Gasteiger partial charge in [0, 0.05) is 24.2 Å². The number of nitrogens with zero attached hydrogens (tertiary/aromatic N) is 3. The lowest BCUT2D eigenvalue weighted by atomic mass is 10.0. The fourth-order valence-corrected chi connectivity index (χ4v) is 2.95. The van der Waals surface area contributed by atoms with Crippen molar-refractivity contribution in [2.24, 2.45) is 0 Å². The summed E-state index contributed by atoms with van der Waals surface area (Å²) in [6, 6.07) is 5.78. The number of Topliss-reactive ketones (excluding diaryl/α,β-unsaturated/α-hetero) is 1. The Kier molecular flexibility index (Phi) is 5.08. The molecule has 0 saturated carbocycles. The van der Waals surface area contributed by atoms with Crippen LogP contribution in [-0.2, 0) is 4.79 Å². The van der Waals surface area contributed by atoms with Gasteiger partial charge in [-0.15, -0.1) is 6.58 Å². The first kappa shape index (κ1) is 19.0. The number of anilines is 1. The van der Waals surface area contributed by atoms with Crippen LogP contribution in [0.5, 0.6) is 5.75 Å². The maximum Gasteiger partial charge on any atom is 0.285 e. The number of ether oxygens (including phenoxy) is 1. The summed E-state index contributed by atoms with van der Waals surface area (Å²) in [4.78, 5) is 48.9. The van der Waals surface area contributed by atoms with Crippen LogP contribution in [-0.4, -0.2) is 34.3 Å². The Hall–Kier alpha value is -3.75.